The fourth-order valence-corrected chi connectivity index (χ4v) is 2.45. The minimum atomic E-state index is 0.117. The van der Waals surface area contributed by atoms with Crippen LogP contribution in [0.1, 0.15) is 11.1 Å². The number of ether oxygens (including phenoxy) is 1. The fraction of sp³-hybridized carbons (Fsp3) is 0.235. The summed E-state index contributed by atoms with van der Waals surface area (Å²) in [6.07, 6.45) is 0.425. The standard InChI is InChI=1S/C17H17NO2/c1-13-7-8-16-15(11-13)18(9-10-20-16)17(19)12-14-5-3-2-4-6-14/h2-8,11H,9-10,12H2,1H3. The Balaban J connectivity index is 1.85. The number of carbonyl (C=O) groups is 1. The van der Waals surface area contributed by atoms with Gasteiger partial charge >= 0.3 is 0 Å². The molecule has 0 radical (unpaired) electrons. The Morgan fingerprint density at radius 2 is 2.00 bits per heavy atom. The largest absolute Gasteiger partial charge is 0.490 e. The monoisotopic (exact) mass is 267 g/mol. The van der Waals surface area contributed by atoms with E-state index in [0.29, 0.717) is 19.6 Å². The van der Waals surface area contributed by atoms with Gasteiger partial charge in [0.25, 0.3) is 0 Å². The molecule has 2 aromatic rings. The highest BCUT2D eigenvalue weighted by Crippen LogP contribution is 2.32. The van der Waals surface area contributed by atoms with Crippen molar-refractivity contribution in [3.8, 4) is 5.75 Å². The Labute approximate surface area is 118 Å². The number of hydrogen-bond donors (Lipinski definition) is 0. The van der Waals surface area contributed by atoms with Gasteiger partial charge in [0.2, 0.25) is 5.91 Å². The maximum Gasteiger partial charge on any atom is 0.231 e. The number of aryl methyl sites for hydroxylation is 1. The van der Waals surface area contributed by atoms with Crippen LogP contribution in [0.4, 0.5) is 5.69 Å². The molecule has 0 unspecified atom stereocenters. The molecule has 3 heteroatoms. The maximum atomic E-state index is 12.5. The van der Waals surface area contributed by atoms with Crippen LogP contribution in [0, 0.1) is 6.92 Å². The minimum Gasteiger partial charge on any atom is -0.490 e. The van der Waals surface area contributed by atoms with Gasteiger partial charge in [-0.15, -0.1) is 0 Å². The van der Waals surface area contributed by atoms with Crippen LogP contribution < -0.4 is 9.64 Å². The van der Waals surface area contributed by atoms with Gasteiger partial charge in [-0.3, -0.25) is 4.79 Å². The van der Waals surface area contributed by atoms with Gasteiger partial charge in [-0.05, 0) is 30.2 Å². The van der Waals surface area contributed by atoms with Gasteiger partial charge in [0.1, 0.15) is 12.4 Å². The predicted octanol–water partition coefficient (Wildman–Crippen LogP) is 2.96. The van der Waals surface area contributed by atoms with E-state index in [2.05, 4.69) is 0 Å². The van der Waals surface area contributed by atoms with Gasteiger partial charge in [0.15, 0.2) is 0 Å². The summed E-state index contributed by atoms with van der Waals surface area (Å²) in [4.78, 5) is 14.3. The summed E-state index contributed by atoms with van der Waals surface area (Å²) in [5.41, 5.74) is 3.06. The second-order valence-corrected chi connectivity index (χ2v) is 5.03. The molecule has 1 heterocycles. The SMILES string of the molecule is Cc1ccc2c(c1)N(C(=O)Cc1ccccc1)CCO2. The van der Waals surface area contributed by atoms with Crippen LogP contribution in [0.2, 0.25) is 0 Å². The van der Waals surface area contributed by atoms with E-state index in [-0.39, 0.29) is 5.91 Å². The van der Waals surface area contributed by atoms with E-state index in [4.69, 9.17) is 4.74 Å². The van der Waals surface area contributed by atoms with Crippen molar-refractivity contribution < 1.29 is 9.53 Å². The summed E-state index contributed by atoms with van der Waals surface area (Å²) in [6.45, 7) is 3.19. The molecule has 1 aliphatic rings. The maximum absolute atomic E-state index is 12.5. The van der Waals surface area contributed by atoms with Crippen molar-refractivity contribution in [1.29, 1.82) is 0 Å². The van der Waals surface area contributed by atoms with Crippen molar-refractivity contribution in [3.05, 3.63) is 59.7 Å². The number of benzene rings is 2. The molecule has 3 rings (SSSR count). The molecule has 20 heavy (non-hydrogen) atoms. The van der Waals surface area contributed by atoms with Crippen LogP contribution in [-0.2, 0) is 11.2 Å². The van der Waals surface area contributed by atoms with Crippen molar-refractivity contribution in [3.63, 3.8) is 0 Å². The zero-order chi connectivity index (χ0) is 13.9. The zero-order valence-corrected chi connectivity index (χ0v) is 11.5. The van der Waals surface area contributed by atoms with E-state index in [1.54, 1.807) is 0 Å². The number of rotatable bonds is 2. The van der Waals surface area contributed by atoms with E-state index in [1.165, 1.54) is 0 Å². The van der Waals surface area contributed by atoms with Crippen LogP contribution in [0.3, 0.4) is 0 Å². The van der Waals surface area contributed by atoms with Crippen molar-refractivity contribution in [2.24, 2.45) is 0 Å². The molecule has 0 saturated heterocycles. The van der Waals surface area contributed by atoms with Gasteiger partial charge in [0, 0.05) is 0 Å². The molecule has 2 aromatic carbocycles. The molecule has 0 fully saturated rings. The highest BCUT2D eigenvalue weighted by atomic mass is 16.5. The molecule has 3 nitrogen and oxygen atoms in total. The highest BCUT2D eigenvalue weighted by molar-refractivity contribution is 5.96. The third-order valence-electron chi connectivity index (χ3n) is 3.48. The van der Waals surface area contributed by atoms with Crippen LogP contribution >= 0.6 is 0 Å². The van der Waals surface area contributed by atoms with Gasteiger partial charge in [-0.1, -0.05) is 36.4 Å². The average molecular weight is 267 g/mol. The molecule has 1 amide bonds. The smallest absolute Gasteiger partial charge is 0.231 e. The second kappa shape index (κ2) is 5.37. The lowest BCUT2D eigenvalue weighted by Gasteiger charge is -2.30. The Bertz CT molecular complexity index is 622. The highest BCUT2D eigenvalue weighted by Gasteiger charge is 2.23. The molecular weight excluding hydrogens is 250 g/mol. The van der Waals surface area contributed by atoms with Gasteiger partial charge in [-0.2, -0.15) is 0 Å². The van der Waals surface area contributed by atoms with Crippen LogP contribution in [-0.4, -0.2) is 19.1 Å². The van der Waals surface area contributed by atoms with E-state index < -0.39 is 0 Å². The van der Waals surface area contributed by atoms with E-state index in [0.717, 1.165) is 22.6 Å². The number of carbonyl (C=O) groups excluding carboxylic acids is 1. The lowest BCUT2D eigenvalue weighted by molar-refractivity contribution is -0.118. The summed E-state index contributed by atoms with van der Waals surface area (Å²) < 4.78 is 5.62. The summed E-state index contributed by atoms with van der Waals surface area (Å²) in [5, 5.41) is 0. The van der Waals surface area contributed by atoms with Gasteiger partial charge < -0.3 is 9.64 Å². The molecule has 0 spiro atoms. The summed E-state index contributed by atoms with van der Waals surface area (Å²) >= 11 is 0. The molecule has 0 saturated carbocycles. The molecular formula is C17H17NO2. The Hall–Kier alpha value is -2.29. The summed E-state index contributed by atoms with van der Waals surface area (Å²) in [7, 11) is 0. The number of anilines is 1. The number of hydrogen-bond acceptors (Lipinski definition) is 2. The van der Waals surface area contributed by atoms with E-state index in [9.17, 15) is 4.79 Å². The lowest BCUT2D eigenvalue weighted by atomic mass is 10.1. The first-order chi connectivity index (χ1) is 9.74. The lowest BCUT2D eigenvalue weighted by Crippen LogP contribution is -2.38. The number of fused-ring (bicyclic) bond motifs is 1. The second-order valence-electron chi connectivity index (χ2n) is 5.03. The van der Waals surface area contributed by atoms with Crippen molar-refractivity contribution in [2.75, 3.05) is 18.1 Å². The Morgan fingerprint density at radius 1 is 1.20 bits per heavy atom. The van der Waals surface area contributed by atoms with Crippen molar-refractivity contribution in [1.82, 2.24) is 0 Å². The first-order valence-electron chi connectivity index (χ1n) is 6.82. The topological polar surface area (TPSA) is 29.5 Å². The normalized spacial score (nSPS) is 13.6. The molecule has 0 atom stereocenters. The summed E-state index contributed by atoms with van der Waals surface area (Å²) in [6, 6.07) is 15.8. The summed E-state index contributed by atoms with van der Waals surface area (Å²) in [5.74, 6) is 0.912. The minimum absolute atomic E-state index is 0.117. The number of amides is 1. The number of nitrogens with zero attached hydrogens (tertiary/aromatic N) is 1. The molecule has 102 valence electrons. The van der Waals surface area contributed by atoms with Gasteiger partial charge in [-0.25, -0.2) is 0 Å². The molecule has 0 bridgehead atoms. The average Bonchev–Trinajstić information content (AvgIpc) is 2.47. The molecule has 0 aromatic heterocycles. The van der Waals surface area contributed by atoms with E-state index in [1.807, 2.05) is 60.4 Å². The first kappa shape index (κ1) is 12.7. The fourth-order valence-electron chi connectivity index (χ4n) is 2.45. The third kappa shape index (κ3) is 2.52. The van der Waals surface area contributed by atoms with Crippen molar-refractivity contribution >= 4 is 11.6 Å². The first-order valence-corrected chi connectivity index (χ1v) is 6.82. The molecule has 0 aliphatic carbocycles. The molecule has 0 N–H and O–H groups in total. The van der Waals surface area contributed by atoms with Crippen LogP contribution in [0.15, 0.2) is 48.5 Å². The third-order valence-corrected chi connectivity index (χ3v) is 3.48. The quantitative estimate of drug-likeness (QED) is 0.837. The Morgan fingerprint density at radius 3 is 2.80 bits per heavy atom. The van der Waals surface area contributed by atoms with Crippen LogP contribution in [0.25, 0.3) is 0 Å². The Kier molecular flexibility index (Phi) is 3.42. The molecule has 1 aliphatic heterocycles. The zero-order valence-electron chi connectivity index (χ0n) is 11.5. The van der Waals surface area contributed by atoms with Crippen LogP contribution in [0.5, 0.6) is 5.75 Å². The van der Waals surface area contributed by atoms with Crippen molar-refractivity contribution in [2.45, 2.75) is 13.3 Å². The van der Waals surface area contributed by atoms with E-state index >= 15 is 0 Å². The predicted molar refractivity (Wildman–Crippen MR) is 79.2 cm³/mol. The van der Waals surface area contributed by atoms with Gasteiger partial charge in [0.05, 0.1) is 18.7 Å².